The van der Waals surface area contributed by atoms with Crippen LogP contribution in [0.1, 0.15) is 43.6 Å². The third-order valence-electron chi connectivity index (χ3n) is 6.36. The number of aliphatic hydroxyl groups excluding tert-OH is 2. The molecule has 1 aromatic heterocycles. The summed E-state index contributed by atoms with van der Waals surface area (Å²) < 4.78 is 0. The topological polar surface area (TPSA) is 130 Å². The van der Waals surface area contributed by atoms with E-state index in [9.17, 15) is 19.8 Å². The van der Waals surface area contributed by atoms with Gasteiger partial charge in [-0.2, -0.15) is 0 Å². The second kappa shape index (κ2) is 10.7. The molecule has 11 heteroatoms. The molecule has 5 N–H and O–H groups in total. The number of benzene rings is 1. The number of carbonyl (C=O) groups is 2. The Morgan fingerprint density at radius 1 is 1.23 bits per heavy atom. The first kappa shape index (κ1) is 25.1. The Labute approximate surface area is 208 Å². The summed E-state index contributed by atoms with van der Waals surface area (Å²) >= 11 is 1.44. The number of thiazole rings is 1. The lowest BCUT2D eigenvalue weighted by Gasteiger charge is -2.28. The number of amides is 2. The van der Waals surface area contributed by atoms with Crippen LogP contribution < -0.4 is 21.1 Å². The van der Waals surface area contributed by atoms with E-state index in [0.29, 0.717) is 13.0 Å². The summed E-state index contributed by atoms with van der Waals surface area (Å²) in [5, 5.41) is 31.3. The van der Waals surface area contributed by atoms with Gasteiger partial charge in [-0.05, 0) is 37.0 Å². The molecule has 188 valence electrons. The van der Waals surface area contributed by atoms with E-state index >= 15 is 0 Å². The molecule has 1 aromatic carbocycles. The zero-order valence-electron chi connectivity index (χ0n) is 20.0. The van der Waals surface area contributed by atoms with Gasteiger partial charge in [0.05, 0.1) is 23.5 Å². The molecule has 1 saturated heterocycles. The van der Waals surface area contributed by atoms with E-state index in [1.54, 1.807) is 14.0 Å². The van der Waals surface area contributed by atoms with Crippen LogP contribution in [-0.2, 0) is 9.59 Å². The number of hydrazine groups is 1. The highest BCUT2D eigenvalue weighted by atomic mass is 32.1. The van der Waals surface area contributed by atoms with Gasteiger partial charge in [0, 0.05) is 31.7 Å². The fraction of sp³-hybridized carbons (Fsp3) is 0.458. The molecular weight excluding hydrogens is 468 g/mol. The smallest absolute Gasteiger partial charge is 0.255 e. The van der Waals surface area contributed by atoms with Crippen molar-refractivity contribution in [3.63, 3.8) is 0 Å². The van der Waals surface area contributed by atoms with Crippen molar-refractivity contribution in [1.82, 2.24) is 20.6 Å². The van der Waals surface area contributed by atoms with Crippen LogP contribution in [0.15, 0.2) is 41.9 Å². The van der Waals surface area contributed by atoms with Crippen LogP contribution >= 0.6 is 11.3 Å². The van der Waals surface area contributed by atoms with Crippen LogP contribution in [0.2, 0.25) is 0 Å². The highest BCUT2D eigenvalue weighted by Gasteiger charge is 2.41. The second-order valence-electron chi connectivity index (χ2n) is 9.00. The highest BCUT2D eigenvalue weighted by molar-refractivity contribution is 7.13. The summed E-state index contributed by atoms with van der Waals surface area (Å²) in [5.41, 5.74) is 5.71. The highest BCUT2D eigenvalue weighted by Crippen LogP contribution is 2.37. The van der Waals surface area contributed by atoms with E-state index < -0.39 is 30.1 Å². The number of carbonyl (C=O) groups excluding carboxylic acids is 2. The number of hydrogen-bond acceptors (Lipinski definition) is 9. The van der Waals surface area contributed by atoms with Crippen molar-refractivity contribution in [3.05, 3.63) is 53.2 Å². The van der Waals surface area contributed by atoms with Crippen LogP contribution in [0.4, 0.5) is 10.8 Å². The average Bonchev–Trinajstić information content (AvgIpc) is 3.63. The largest absolute Gasteiger partial charge is 0.380 e. The van der Waals surface area contributed by atoms with Crippen molar-refractivity contribution in [1.29, 1.82) is 0 Å². The lowest BCUT2D eigenvalue weighted by molar-refractivity contribution is -0.154. The maximum absolute atomic E-state index is 13.1. The SMILES string of the molecule is CNc1nc([C@H]2C[C@@H](C)CN2C(=O)[C@H](O)[C@@H](O)C(=O)N[C@H](C)c2ccc(N3C=CCN3)cc2)cs1. The van der Waals surface area contributed by atoms with Crippen LogP contribution in [0, 0.1) is 5.92 Å². The van der Waals surface area contributed by atoms with Crippen molar-refractivity contribution in [2.45, 2.75) is 44.6 Å². The summed E-state index contributed by atoms with van der Waals surface area (Å²) in [6, 6.07) is 6.87. The molecule has 5 atom stereocenters. The Hall–Kier alpha value is -2.99. The molecule has 10 nitrogen and oxygen atoms in total. The zero-order valence-corrected chi connectivity index (χ0v) is 20.8. The number of rotatable bonds is 8. The molecule has 0 saturated carbocycles. The van der Waals surface area contributed by atoms with Gasteiger partial charge in [-0.1, -0.05) is 25.1 Å². The number of anilines is 2. The third-order valence-corrected chi connectivity index (χ3v) is 7.23. The molecule has 0 spiro atoms. The number of aromatic nitrogens is 1. The third kappa shape index (κ3) is 5.48. The van der Waals surface area contributed by atoms with Gasteiger partial charge in [0.2, 0.25) is 0 Å². The van der Waals surface area contributed by atoms with E-state index in [0.717, 1.165) is 28.6 Å². The van der Waals surface area contributed by atoms with E-state index in [4.69, 9.17) is 0 Å². The molecule has 35 heavy (non-hydrogen) atoms. The van der Waals surface area contributed by atoms with E-state index in [2.05, 4.69) is 21.0 Å². The molecular formula is C24H32N6O4S. The molecule has 2 aromatic rings. The van der Waals surface area contributed by atoms with Crippen LogP contribution in [0.3, 0.4) is 0 Å². The summed E-state index contributed by atoms with van der Waals surface area (Å²) in [6.07, 6.45) is 0.889. The quantitative estimate of drug-likeness (QED) is 0.369. The number of nitrogens with one attached hydrogen (secondary N) is 3. The van der Waals surface area contributed by atoms with Gasteiger partial charge in [0.1, 0.15) is 0 Å². The van der Waals surface area contributed by atoms with E-state index in [1.165, 1.54) is 16.2 Å². The number of hydrogen-bond donors (Lipinski definition) is 5. The number of likely N-dealkylation sites (tertiary alicyclic amines) is 1. The first-order chi connectivity index (χ1) is 16.8. The molecule has 0 unspecified atom stereocenters. The minimum atomic E-state index is -1.89. The Morgan fingerprint density at radius 2 is 1.97 bits per heavy atom. The Bertz CT molecular complexity index is 1070. The van der Waals surface area contributed by atoms with Crippen molar-refractivity contribution in [2.75, 3.05) is 30.5 Å². The summed E-state index contributed by atoms with van der Waals surface area (Å²) in [7, 11) is 1.78. The monoisotopic (exact) mass is 500 g/mol. The normalized spacial score (nSPS) is 22.2. The van der Waals surface area contributed by atoms with Gasteiger partial charge in [-0.3, -0.25) is 14.6 Å². The maximum atomic E-state index is 13.1. The first-order valence-electron chi connectivity index (χ1n) is 11.7. The predicted molar refractivity (Wildman–Crippen MR) is 135 cm³/mol. The Balaban J connectivity index is 1.37. The molecule has 2 aliphatic rings. The zero-order chi connectivity index (χ0) is 25.1. The Kier molecular flexibility index (Phi) is 7.70. The lowest BCUT2D eigenvalue weighted by atomic mass is 10.1. The van der Waals surface area contributed by atoms with Gasteiger partial charge in [-0.25, -0.2) is 10.4 Å². The number of nitrogens with zero attached hydrogens (tertiary/aromatic N) is 3. The molecule has 0 aliphatic carbocycles. The Morgan fingerprint density at radius 3 is 2.60 bits per heavy atom. The summed E-state index contributed by atoms with van der Waals surface area (Å²) in [4.78, 5) is 31.8. The van der Waals surface area contributed by atoms with Gasteiger partial charge in [0.25, 0.3) is 11.8 Å². The van der Waals surface area contributed by atoms with Crippen molar-refractivity contribution >= 4 is 34.0 Å². The molecule has 2 amide bonds. The first-order valence-corrected chi connectivity index (χ1v) is 12.6. The van der Waals surface area contributed by atoms with E-state index in [-0.39, 0.29) is 12.0 Å². The van der Waals surface area contributed by atoms with Gasteiger partial charge >= 0.3 is 0 Å². The second-order valence-corrected chi connectivity index (χ2v) is 9.86. The van der Waals surface area contributed by atoms with Gasteiger partial charge < -0.3 is 25.7 Å². The number of aliphatic hydroxyl groups is 2. The van der Waals surface area contributed by atoms with Crippen molar-refractivity contribution in [2.24, 2.45) is 5.92 Å². The van der Waals surface area contributed by atoms with Crippen molar-refractivity contribution < 1.29 is 19.8 Å². The average molecular weight is 501 g/mol. The fourth-order valence-corrected chi connectivity index (χ4v) is 5.14. The van der Waals surface area contributed by atoms with Gasteiger partial charge in [-0.15, -0.1) is 11.3 Å². The molecule has 0 bridgehead atoms. The summed E-state index contributed by atoms with van der Waals surface area (Å²) in [5.74, 6) is -1.28. The lowest BCUT2D eigenvalue weighted by Crippen LogP contribution is -2.51. The van der Waals surface area contributed by atoms with Crippen LogP contribution in [-0.4, -0.2) is 64.3 Å². The molecule has 4 rings (SSSR count). The molecule has 2 aliphatic heterocycles. The molecule has 1 fully saturated rings. The fourth-order valence-electron chi connectivity index (χ4n) is 4.42. The predicted octanol–water partition coefficient (Wildman–Crippen LogP) is 1.53. The van der Waals surface area contributed by atoms with Crippen LogP contribution in [0.5, 0.6) is 0 Å². The van der Waals surface area contributed by atoms with E-state index in [1.807, 2.05) is 53.9 Å². The minimum Gasteiger partial charge on any atom is -0.380 e. The minimum absolute atomic E-state index is 0.205. The molecule has 3 heterocycles. The summed E-state index contributed by atoms with van der Waals surface area (Å²) in [6.45, 7) is 4.99. The standard InChI is InChI=1S/C24H32N6O4S/c1-14-11-19(18-13-35-24(25-3)28-18)29(12-14)23(34)21(32)20(31)22(33)27-15(2)16-5-7-17(8-6-16)30-10-4-9-26-30/h4-8,10,13-15,19-21,26,31-32H,9,11-12H2,1-3H3,(H,25,28)(H,27,33)/t14-,15-,19-,20-,21-/m1/s1. The van der Waals surface area contributed by atoms with Gasteiger partial charge in [0.15, 0.2) is 17.3 Å². The molecule has 0 radical (unpaired) electrons. The van der Waals surface area contributed by atoms with Crippen molar-refractivity contribution in [3.8, 4) is 0 Å². The maximum Gasteiger partial charge on any atom is 0.255 e. The van der Waals surface area contributed by atoms with Crippen LogP contribution in [0.25, 0.3) is 0 Å².